The van der Waals surface area contributed by atoms with E-state index in [0.29, 0.717) is 6.04 Å². The Morgan fingerprint density at radius 1 is 1.39 bits per heavy atom. The van der Waals surface area contributed by atoms with Gasteiger partial charge in [-0.15, -0.1) is 0 Å². The lowest BCUT2D eigenvalue weighted by Gasteiger charge is -2.35. The van der Waals surface area contributed by atoms with Crippen molar-refractivity contribution in [3.8, 4) is 5.75 Å². The van der Waals surface area contributed by atoms with E-state index in [-0.39, 0.29) is 0 Å². The Labute approximate surface area is 118 Å². The first kappa shape index (κ1) is 13.8. The van der Waals surface area contributed by atoms with E-state index in [4.69, 9.17) is 4.74 Å². The van der Waals surface area contributed by atoms with Gasteiger partial charge in [-0.1, -0.05) is 22.9 Å². The largest absolute Gasteiger partial charge is 0.496 e. The molecule has 1 aromatic carbocycles. The molecule has 0 bridgehead atoms. The molecule has 1 N–H and O–H groups in total. The number of benzene rings is 1. The smallest absolute Gasteiger partial charge is 0.123 e. The van der Waals surface area contributed by atoms with Gasteiger partial charge in [0, 0.05) is 42.3 Å². The first-order valence-electron chi connectivity index (χ1n) is 6.54. The molecule has 1 atom stereocenters. The third-order valence-corrected chi connectivity index (χ3v) is 4.02. The molecule has 1 heterocycles. The van der Waals surface area contributed by atoms with Crippen LogP contribution in [0.3, 0.4) is 0 Å². The van der Waals surface area contributed by atoms with Gasteiger partial charge in [0.25, 0.3) is 0 Å². The molecule has 0 aliphatic carbocycles. The van der Waals surface area contributed by atoms with Crippen molar-refractivity contribution in [3.05, 3.63) is 28.2 Å². The molecule has 0 saturated carbocycles. The summed E-state index contributed by atoms with van der Waals surface area (Å²) in [7, 11) is 1.75. The Kier molecular flexibility index (Phi) is 5.03. The van der Waals surface area contributed by atoms with Crippen molar-refractivity contribution in [2.24, 2.45) is 0 Å². The third-order valence-electron chi connectivity index (χ3n) is 3.53. The lowest BCUT2D eigenvalue weighted by atomic mass is 10.0. The molecule has 1 fully saturated rings. The van der Waals surface area contributed by atoms with Crippen molar-refractivity contribution in [3.63, 3.8) is 0 Å². The molecule has 2 rings (SSSR count). The standard InChI is InChI=1S/C14H21BrN2O/c1-3-13(17-8-6-16-7-9-17)12-10-11(15)4-5-14(12)18-2/h4-5,10,13,16H,3,6-9H2,1-2H3/t13-/m1/s1. The molecule has 1 saturated heterocycles. The molecule has 3 nitrogen and oxygen atoms in total. The van der Waals surface area contributed by atoms with Gasteiger partial charge in [0.05, 0.1) is 7.11 Å². The molecule has 4 heteroatoms. The predicted molar refractivity (Wildman–Crippen MR) is 78.2 cm³/mol. The Morgan fingerprint density at radius 3 is 2.72 bits per heavy atom. The van der Waals surface area contributed by atoms with E-state index in [1.165, 1.54) is 5.56 Å². The van der Waals surface area contributed by atoms with Crippen molar-refractivity contribution in [2.45, 2.75) is 19.4 Å². The molecule has 1 aliphatic heterocycles. The Hall–Kier alpha value is -0.580. The van der Waals surface area contributed by atoms with Crippen LogP contribution in [0.2, 0.25) is 0 Å². The third kappa shape index (κ3) is 3.05. The van der Waals surface area contributed by atoms with Crippen molar-refractivity contribution >= 4 is 15.9 Å². The van der Waals surface area contributed by atoms with E-state index in [2.05, 4.69) is 39.1 Å². The number of ether oxygens (including phenoxy) is 1. The van der Waals surface area contributed by atoms with Crippen molar-refractivity contribution in [1.82, 2.24) is 10.2 Å². The van der Waals surface area contributed by atoms with Gasteiger partial charge < -0.3 is 10.1 Å². The van der Waals surface area contributed by atoms with Crippen LogP contribution in [-0.4, -0.2) is 38.2 Å². The van der Waals surface area contributed by atoms with Gasteiger partial charge in [0.2, 0.25) is 0 Å². The summed E-state index contributed by atoms with van der Waals surface area (Å²) >= 11 is 3.56. The number of halogens is 1. The maximum atomic E-state index is 5.51. The molecule has 0 radical (unpaired) electrons. The highest BCUT2D eigenvalue weighted by Crippen LogP contribution is 2.34. The first-order chi connectivity index (χ1) is 8.76. The van der Waals surface area contributed by atoms with Gasteiger partial charge >= 0.3 is 0 Å². The second-order valence-electron chi connectivity index (χ2n) is 4.60. The summed E-state index contributed by atoms with van der Waals surface area (Å²) in [4.78, 5) is 2.54. The summed E-state index contributed by atoms with van der Waals surface area (Å²) in [6.07, 6.45) is 1.10. The maximum Gasteiger partial charge on any atom is 0.123 e. The fourth-order valence-electron chi connectivity index (χ4n) is 2.63. The lowest BCUT2D eigenvalue weighted by Crippen LogP contribution is -2.45. The van der Waals surface area contributed by atoms with Crippen LogP contribution in [0, 0.1) is 0 Å². The van der Waals surface area contributed by atoms with Gasteiger partial charge in [-0.05, 0) is 24.6 Å². The Balaban J connectivity index is 2.27. The summed E-state index contributed by atoms with van der Waals surface area (Å²) < 4.78 is 6.63. The van der Waals surface area contributed by atoms with Crippen LogP contribution in [-0.2, 0) is 0 Å². The lowest BCUT2D eigenvalue weighted by molar-refractivity contribution is 0.166. The number of nitrogens with zero attached hydrogens (tertiary/aromatic N) is 1. The van der Waals surface area contributed by atoms with Gasteiger partial charge in [-0.2, -0.15) is 0 Å². The molecule has 1 aromatic rings. The van der Waals surface area contributed by atoms with Crippen molar-refractivity contribution in [1.29, 1.82) is 0 Å². The van der Waals surface area contributed by atoms with Crippen LogP contribution >= 0.6 is 15.9 Å². The zero-order chi connectivity index (χ0) is 13.0. The quantitative estimate of drug-likeness (QED) is 0.925. The minimum Gasteiger partial charge on any atom is -0.496 e. The predicted octanol–water partition coefficient (Wildman–Crippen LogP) is 2.81. The second-order valence-corrected chi connectivity index (χ2v) is 5.51. The van der Waals surface area contributed by atoms with E-state index in [9.17, 15) is 0 Å². The number of hydrogen-bond acceptors (Lipinski definition) is 3. The van der Waals surface area contributed by atoms with Crippen molar-refractivity contribution in [2.75, 3.05) is 33.3 Å². The topological polar surface area (TPSA) is 24.5 Å². The van der Waals surface area contributed by atoms with Crippen LogP contribution in [0.1, 0.15) is 24.9 Å². The van der Waals surface area contributed by atoms with E-state index >= 15 is 0 Å². The van der Waals surface area contributed by atoms with E-state index in [0.717, 1.165) is 42.8 Å². The SMILES string of the molecule is CC[C@H](c1cc(Br)ccc1OC)N1CCNCC1. The Bertz CT molecular complexity index is 391. The zero-order valence-electron chi connectivity index (χ0n) is 11.1. The number of methoxy groups -OCH3 is 1. The first-order valence-corrected chi connectivity index (χ1v) is 7.33. The zero-order valence-corrected chi connectivity index (χ0v) is 12.7. The average Bonchev–Trinajstić information content (AvgIpc) is 2.41. The van der Waals surface area contributed by atoms with Gasteiger partial charge in [-0.3, -0.25) is 4.90 Å². The van der Waals surface area contributed by atoms with Gasteiger partial charge in [0.1, 0.15) is 5.75 Å². The molecular weight excluding hydrogens is 292 g/mol. The minimum absolute atomic E-state index is 0.444. The summed E-state index contributed by atoms with van der Waals surface area (Å²) in [5.41, 5.74) is 1.29. The van der Waals surface area contributed by atoms with Crippen molar-refractivity contribution < 1.29 is 4.74 Å². The molecule has 1 aliphatic rings. The molecule has 0 aromatic heterocycles. The summed E-state index contributed by atoms with van der Waals surface area (Å²) in [6.45, 7) is 6.61. The summed E-state index contributed by atoms with van der Waals surface area (Å²) in [5, 5.41) is 3.40. The van der Waals surface area contributed by atoms with E-state index in [1.54, 1.807) is 7.11 Å². The van der Waals surface area contributed by atoms with E-state index in [1.807, 2.05) is 12.1 Å². The van der Waals surface area contributed by atoms with Crippen LogP contribution in [0.5, 0.6) is 5.75 Å². The normalized spacial score (nSPS) is 18.6. The van der Waals surface area contributed by atoms with Crippen LogP contribution in [0.4, 0.5) is 0 Å². The molecule has 0 spiro atoms. The average molecular weight is 313 g/mol. The Morgan fingerprint density at radius 2 is 2.11 bits per heavy atom. The fourth-order valence-corrected chi connectivity index (χ4v) is 3.01. The fraction of sp³-hybridized carbons (Fsp3) is 0.571. The molecular formula is C14H21BrN2O. The number of hydrogen-bond donors (Lipinski definition) is 1. The van der Waals surface area contributed by atoms with E-state index < -0.39 is 0 Å². The highest BCUT2D eigenvalue weighted by molar-refractivity contribution is 9.10. The van der Waals surface area contributed by atoms with Crippen LogP contribution in [0.15, 0.2) is 22.7 Å². The maximum absolute atomic E-state index is 5.51. The molecule has 0 unspecified atom stereocenters. The number of nitrogens with one attached hydrogen (secondary N) is 1. The number of rotatable bonds is 4. The van der Waals surface area contributed by atoms with Gasteiger partial charge in [-0.25, -0.2) is 0 Å². The number of piperazine rings is 1. The van der Waals surface area contributed by atoms with Crippen LogP contribution < -0.4 is 10.1 Å². The minimum atomic E-state index is 0.444. The second kappa shape index (κ2) is 6.55. The molecule has 0 amide bonds. The highest BCUT2D eigenvalue weighted by atomic mass is 79.9. The molecule has 100 valence electrons. The summed E-state index contributed by atoms with van der Waals surface area (Å²) in [5.74, 6) is 0.989. The van der Waals surface area contributed by atoms with Gasteiger partial charge in [0.15, 0.2) is 0 Å². The van der Waals surface area contributed by atoms with Crippen LogP contribution in [0.25, 0.3) is 0 Å². The highest BCUT2D eigenvalue weighted by Gasteiger charge is 2.23. The monoisotopic (exact) mass is 312 g/mol. The summed E-state index contributed by atoms with van der Waals surface area (Å²) in [6, 6.07) is 6.71. The molecule has 18 heavy (non-hydrogen) atoms.